The lowest BCUT2D eigenvalue weighted by Gasteiger charge is -2.15. The Bertz CT molecular complexity index is 664. The molecule has 0 saturated carbocycles. The molecule has 1 unspecified atom stereocenters. The molecule has 0 radical (unpaired) electrons. The SMILES string of the molecule is COc1cc2c(cc1OC)C(CNC(=O)c1ccco1)CC2. The van der Waals surface area contributed by atoms with Crippen LogP contribution in [0.2, 0.25) is 0 Å². The number of amides is 1. The van der Waals surface area contributed by atoms with E-state index in [4.69, 9.17) is 13.9 Å². The lowest BCUT2D eigenvalue weighted by molar-refractivity contribution is 0.0923. The second kappa shape index (κ2) is 6.13. The highest BCUT2D eigenvalue weighted by atomic mass is 16.5. The third-order valence-electron chi connectivity index (χ3n) is 4.10. The fourth-order valence-corrected chi connectivity index (χ4v) is 2.94. The van der Waals surface area contributed by atoms with Gasteiger partial charge in [0.25, 0.3) is 5.91 Å². The van der Waals surface area contributed by atoms with E-state index in [1.54, 1.807) is 26.4 Å². The molecule has 5 heteroatoms. The van der Waals surface area contributed by atoms with Crippen molar-refractivity contribution in [3.8, 4) is 11.5 Å². The van der Waals surface area contributed by atoms with Gasteiger partial charge in [0.15, 0.2) is 17.3 Å². The summed E-state index contributed by atoms with van der Waals surface area (Å²) in [5.74, 6) is 1.92. The average Bonchev–Trinajstić information content (AvgIpc) is 3.20. The molecule has 1 aliphatic carbocycles. The van der Waals surface area contributed by atoms with Gasteiger partial charge in [-0.1, -0.05) is 0 Å². The van der Waals surface area contributed by atoms with E-state index in [1.165, 1.54) is 17.4 Å². The molecule has 1 heterocycles. The van der Waals surface area contributed by atoms with Crippen molar-refractivity contribution in [2.45, 2.75) is 18.8 Å². The first-order valence-corrected chi connectivity index (χ1v) is 7.29. The number of nitrogens with one attached hydrogen (secondary N) is 1. The predicted molar refractivity (Wildman–Crippen MR) is 81.6 cm³/mol. The van der Waals surface area contributed by atoms with Crippen LogP contribution >= 0.6 is 0 Å². The van der Waals surface area contributed by atoms with E-state index in [-0.39, 0.29) is 11.8 Å². The van der Waals surface area contributed by atoms with Crippen LogP contribution < -0.4 is 14.8 Å². The van der Waals surface area contributed by atoms with E-state index in [1.807, 2.05) is 12.1 Å². The first-order chi connectivity index (χ1) is 10.7. The van der Waals surface area contributed by atoms with Crippen molar-refractivity contribution >= 4 is 5.91 Å². The molecule has 116 valence electrons. The average molecular weight is 301 g/mol. The highest BCUT2D eigenvalue weighted by Crippen LogP contribution is 2.40. The van der Waals surface area contributed by atoms with Gasteiger partial charge in [-0.15, -0.1) is 0 Å². The third-order valence-corrected chi connectivity index (χ3v) is 4.10. The number of fused-ring (bicyclic) bond motifs is 1. The van der Waals surface area contributed by atoms with E-state index in [0.717, 1.165) is 24.3 Å². The Morgan fingerprint density at radius 3 is 2.77 bits per heavy atom. The van der Waals surface area contributed by atoms with Gasteiger partial charge in [-0.2, -0.15) is 0 Å². The van der Waals surface area contributed by atoms with Gasteiger partial charge in [-0.05, 0) is 48.2 Å². The molecule has 2 aromatic rings. The van der Waals surface area contributed by atoms with Crippen molar-refractivity contribution < 1.29 is 18.7 Å². The van der Waals surface area contributed by atoms with Gasteiger partial charge >= 0.3 is 0 Å². The number of carbonyl (C=O) groups excluding carboxylic acids is 1. The Balaban J connectivity index is 1.72. The summed E-state index contributed by atoms with van der Waals surface area (Å²) in [4.78, 5) is 11.9. The van der Waals surface area contributed by atoms with E-state index in [2.05, 4.69) is 5.32 Å². The monoisotopic (exact) mass is 301 g/mol. The van der Waals surface area contributed by atoms with Crippen molar-refractivity contribution in [2.24, 2.45) is 0 Å². The van der Waals surface area contributed by atoms with Crippen LogP contribution in [0.4, 0.5) is 0 Å². The molecule has 1 aromatic carbocycles. The van der Waals surface area contributed by atoms with Crippen LogP contribution in [0.3, 0.4) is 0 Å². The Kier molecular flexibility index (Phi) is 4.04. The van der Waals surface area contributed by atoms with Crippen molar-refractivity contribution in [1.82, 2.24) is 5.32 Å². The number of furan rings is 1. The molecule has 1 aliphatic rings. The zero-order valence-electron chi connectivity index (χ0n) is 12.7. The summed E-state index contributed by atoms with van der Waals surface area (Å²) in [6, 6.07) is 7.41. The number of methoxy groups -OCH3 is 2. The summed E-state index contributed by atoms with van der Waals surface area (Å²) in [5.41, 5.74) is 2.48. The zero-order valence-corrected chi connectivity index (χ0v) is 12.7. The van der Waals surface area contributed by atoms with Crippen LogP contribution in [0.15, 0.2) is 34.9 Å². The number of rotatable bonds is 5. The Labute approximate surface area is 129 Å². The summed E-state index contributed by atoms with van der Waals surface area (Å²) >= 11 is 0. The molecular weight excluding hydrogens is 282 g/mol. The van der Waals surface area contributed by atoms with Crippen molar-refractivity contribution in [2.75, 3.05) is 20.8 Å². The topological polar surface area (TPSA) is 60.7 Å². The fourth-order valence-electron chi connectivity index (χ4n) is 2.94. The lowest BCUT2D eigenvalue weighted by atomic mass is 10.0. The Morgan fingerprint density at radius 1 is 1.32 bits per heavy atom. The second-order valence-corrected chi connectivity index (χ2v) is 5.33. The first-order valence-electron chi connectivity index (χ1n) is 7.29. The van der Waals surface area contributed by atoms with Crippen LogP contribution in [0.25, 0.3) is 0 Å². The maximum atomic E-state index is 11.9. The lowest BCUT2D eigenvalue weighted by Crippen LogP contribution is -2.27. The van der Waals surface area contributed by atoms with E-state index >= 15 is 0 Å². The fraction of sp³-hybridized carbons (Fsp3) is 0.353. The molecule has 5 nitrogen and oxygen atoms in total. The van der Waals surface area contributed by atoms with E-state index < -0.39 is 0 Å². The highest BCUT2D eigenvalue weighted by molar-refractivity contribution is 5.91. The van der Waals surface area contributed by atoms with Gasteiger partial charge in [0.2, 0.25) is 0 Å². The molecule has 3 rings (SSSR count). The summed E-state index contributed by atoms with van der Waals surface area (Å²) < 4.78 is 15.8. The van der Waals surface area contributed by atoms with Gasteiger partial charge in [0, 0.05) is 12.5 Å². The van der Waals surface area contributed by atoms with E-state index in [9.17, 15) is 4.79 Å². The first kappa shape index (κ1) is 14.5. The number of hydrogen-bond donors (Lipinski definition) is 1. The van der Waals surface area contributed by atoms with Crippen LogP contribution in [0.1, 0.15) is 34.0 Å². The highest BCUT2D eigenvalue weighted by Gasteiger charge is 2.25. The molecule has 22 heavy (non-hydrogen) atoms. The maximum absolute atomic E-state index is 11.9. The molecular formula is C17H19NO4. The van der Waals surface area contributed by atoms with Crippen LogP contribution in [-0.2, 0) is 6.42 Å². The van der Waals surface area contributed by atoms with Gasteiger partial charge in [0.05, 0.1) is 20.5 Å². The number of benzene rings is 1. The number of aryl methyl sites for hydroxylation is 1. The summed E-state index contributed by atoms with van der Waals surface area (Å²) in [6.45, 7) is 0.585. The molecule has 1 aromatic heterocycles. The standard InChI is InChI=1S/C17H19NO4/c1-20-15-8-11-5-6-12(13(11)9-16(15)21-2)10-18-17(19)14-4-3-7-22-14/h3-4,7-9,12H,5-6,10H2,1-2H3,(H,18,19). The number of carbonyl (C=O) groups is 1. The van der Waals surface area contributed by atoms with Crippen LogP contribution in [0, 0.1) is 0 Å². The minimum atomic E-state index is -0.182. The van der Waals surface area contributed by atoms with Crippen molar-refractivity contribution in [3.05, 3.63) is 47.4 Å². The van der Waals surface area contributed by atoms with Gasteiger partial charge < -0.3 is 19.2 Å². The summed E-state index contributed by atoms with van der Waals surface area (Å²) in [6.07, 6.45) is 3.48. The third kappa shape index (κ3) is 2.66. The summed E-state index contributed by atoms with van der Waals surface area (Å²) in [7, 11) is 3.27. The second-order valence-electron chi connectivity index (χ2n) is 5.33. The molecule has 0 bridgehead atoms. The zero-order chi connectivity index (χ0) is 15.5. The molecule has 1 amide bonds. The molecule has 0 spiro atoms. The van der Waals surface area contributed by atoms with Gasteiger partial charge in [-0.3, -0.25) is 4.79 Å². The Morgan fingerprint density at radius 2 is 2.09 bits per heavy atom. The summed E-state index contributed by atoms with van der Waals surface area (Å²) in [5, 5.41) is 2.93. The predicted octanol–water partition coefficient (Wildman–Crippen LogP) is 2.76. The minimum Gasteiger partial charge on any atom is -0.493 e. The van der Waals surface area contributed by atoms with Gasteiger partial charge in [0.1, 0.15) is 0 Å². The molecule has 0 saturated heterocycles. The van der Waals surface area contributed by atoms with Gasteiger partial charge in [-0.25, -0.2) is 0 Å². The van der Waals surface area contributed by atoms with Crippen LogP contribution in [0.5, 0.6) is 11.5 Å². The van der Waals surface area contributed by atoms with Crippen molar-refractivity contribution in [3.63, 3.8) is 0 Å². The number of ether oxygens (including phenoxy) is 2. The maximum Gasteiger partial charge on any atom is 0.286 e. The largest absolute Gasteiger partial charge is 0.493 e. The minimum absolute atomic E-state index is 0.182. The molecule has 1 atom stereocenters. The van der Waals surface area contributed by atoms with E-state index in [0.29, 0.717) is 12.3 Å². The quantitative estimate of drug-likeness (QED) is 0.922. The normalized spacial score (nSPS) is 16.2. The molecule has 1 N–H and O–H groups in total. The number of hydrogen-bond acceptors (Lipinski definition) is 4. The van der Waals surface area contributed by atoms with Crippen molar-refractivity contribution in [1.29, 1.82) is 0 Å². The molecule has 0 aliphatic heterocycles. The Hall–Kier alpha value is -2.43. The molecule has 0 fully saturated rings. The smallest absolute Gasteiger partial charge is 0.286 e. The van der Waals surface area contributed by atoms with Crippen LogP contribution in [-0.4, -0.2) is 26.7 Å².